The summed E-state index contributed by atoms with van der Waals surface area (Å²) in [5.74, 6) is 0. The van der Waals surface area contributed by atoms with Gasteiger partial charge in [-0.15, -0.1) is 0 Å². The zero-order valence-electron chi connectivity index (χ0n) is 14.4. The second kappa shape index (κ2) is 8.25. The summed E-state index contributed by atoms with van der Waals surface area (Å²) in [5, 5.41) is 27.7. The SMILES string of the molecule is N#Cc1ccc(N(Cc2cccnc2C#N)Cc2cccnc2C#N)cc1. The Bertz CT molecular complexity index is 1010. The summed E-state index contributed by atoms with van der Waals surface area (Å²) in [6.45, 7) is 0.866. The number of anilines is 1. The lowest BCUT2D eigenvalue weighted by Crippen LogP contribution is -2.23. The van der Waals surface area contributed by atoms with Gasteiger partial charge in [0.1, 0.15) is 23.5 Å². The molecule has 0 aliphatic heterocycles. The summed E-state index contributed by atoms with van der Waals surface area (Å²) in [5.41, 5.74) is 3.73. The maximum Gasteiger partial charge on any atom is 0.145 e. The Kier molecular flexibility index (Phi) is 5.38. The molecule has 0 fully saturated rings. The molecular weight excluding hydrogens is 336 g/mol. The van der Waals surface area contributed by atoms with Crippen LogP contribution in [0.5, 0.6) is 0 Å². The first-order chi connectivity index (χ1) is 13.2. The number of hydrogen-bond acceptors (Lipinski definition) is 6. The van der Waals surface area contributed by atoms with Gasteiger partial charge in [-0.1, -0.05) is 12.1 Å². The van der Waals surface area contributed by atoms with E-state index in [1.807, 2.05) is 29.2 Å². The van der Waals surface area contributed by atoms with Crippen molar-refractivity contribution in [2.75, 3.05) is 4.90 Å². The molecule has 27 heavy (non-hydrogen) atoms. The van der Waals surface area contributed by atoms with Crippen molar-refractivity contribution in [2.45, 2.75) is 13.1 Å². The van der Waals surface area contributed by atoms with Gasteiger partial charge < -0.3 is 4.90 Å². The van der Waals surface area contributed by atoms with Gasteiger partial charge in [-0.2, -0.15) is 15.8 Å². The van der Waals surface area contributed by atoms with Gasteiger partial charge in [-0.3, -0.25) is 0 Å². The quantitative estimate of drug-likeness (QED) is 0.700. The molecule has 0 bridgehead atoms. The zero-order chi connectivity index (χ0) is 19.1. The summed E-state index contributed by atoms with van der Waals surface area (Å²) in [6, 6.07) is 20.8. The van der Waals surface area contributed by atoms with Gasteiger partial charge in [0, 0.05) is 42.3 Å². The van der Waals surface area contributed by atoms with Crippen LogP contribution in [-0.4, -0.2) is 9.97 Å². The molecule has 128 valence electrons. The molecule has 3 rings (SSSR count). The Morgan fingerprint density at radius 3 is 1.67 bits per heavy atom. The fourth-order valence-corrected chi connectivity index (χ4v) is 2.73. The van der Waals surface area contributed by atoms with Crippen LogP contribution in [0.25, 0.3) is 0 Å². The van der Waals surface area contributed by atoms with Crippen LogP contribution in [-0.2, 0) is 13.1 Å². The Balaban J connectivity index is 1.99. The van der Waals surface area contributed by atoms with E-state index in [-0.39, 0.29) is 0 Å². The van der Waals surface area contributed by atoms with Gasteiger partial charge in [0.05, 0.1) is 11.6 Å². The molecule has 0 unspecified atom stereocenters. The molecule has 6 nitrogen and oxygen atoms in total. The van der Waals surface area contributed by atoms with Crippen LogP contribution < -0.4 is 4.90 Å². The number of pyridine rings is 2. The number of benzene rings is 1. The molecule has 6 heteroatoms. The average molecular weight is 350 g/mol. The first-order valence-electron chi connectivity index (χ1n) is 8.18. The van der Waals surface area contributed by atoms with Crippen molar-refractivity contribution in [2.24, 2.45) is 0 Å². The van der Waals surface area contributed by atoms with Gasteiger partial charge in [0.2, 0.25) is 0 Å². The van der Waals surface area contributed by atoms with E-state index in [0.717, 1.165) is 16.8 Å². The second-order valence-corrected chi connectivity index (χ2v) is 5.76. The van der Waals surface area contributed by atoms with Crippen LogP contribution in [0.4, 0.5) is 5.69 Å². The molecule has 0 N–H and O–H groups in total. The monoisotopic (exact) mass is 350 g/mol. The van der Waals surface area contributed by atoms with E-state index >= 15 is 0 Å². The van der Waals surface area contributed by atoms with Gasteiger partial charge in [0.15, 0.2) is 0 Å². The molecule has 0 radical (unpaired) electrons. The number of rotatable bonds is 5. The molecule has 0 saturated carbocycles. The normalized spacial score (nSPS) is 9.67. The highest BCUT2D eigenvalue weighted by atomic mass is 15.1. The van der Waals surface area contributed by atoms with Crippen LogP contribution in [0, 0.1) is 34.0 Å². The van der Waals surface area contributed by atoms with Crippen molar-refractivity contribution < 1.29 is 0 Å². The fraction of sp³-hybridized carbons (Fsp3) is 0.0952. The second-order valence-electron chi connectivity index (χ2n) is 5.76. The van der Waals surface area contributed by atoms with Crippen LogP contribution in [0.15, 0.2) is 60.9 Å². The third-order valence-corrected chi connectivity index (χ3v) is 4.08. The van der Waals surface area contributed by atoms with E-state index in [2.05, 4.69) is 28.2 Å². The lowest BCUT2D eigenvalue weighted by Gasteiger charge is -2.25. The topological polar surface area (TPSA) is 100 Å². The number of hydrogen-bond donors (Lipinski definition) is 0. The molecule has 0 amide bonds. The van der Waals surface area contributed by atoms with E-state index in [4.69, 9.17) is 5.26 Å². The molecule has 2 heterocycles. The van der Waals surface area contributed by atoms with E-state index in [1.54, 1.807) is 36.7 Å². The number of aromatic nitrogens is 2. The maximum atomic E-state index is 9.32. The first-order valence-corrected chi connectivity index (χ1v) is 8.18. The third kappa shape index (κ3) is 4.07. The molecular formula is C21H14N6. The van der Waals surface area contributed by atoms with E-state index < -0.39 is 0 Å². The Labute approximate surface area is 157 Å². The Morgan fingerprint density at radius 1 is 0.704 bits per heavy atom. The minimum Gasteiger partial charge on any atom is -0.363 e. The van der Waals surface area contributed by atoms with Crippen LogP contribution in [0.3, 0.4) is 0 Å². The molecule has 0 aliphatic rings. The standard InChI is InChI=1S/C21H14N6/c22-11-16-5-7-19(8-6-16)27(14-17-3-1-9-25-20(17)12-23)15-18-4-2-10-26-21(18)13-24/h1-10H,14-15H2. The summed E-state index contributed by atoms with van der Waals surface area (Å²) in [6.07, 6.45) is 3.17. The van der Waals surface area contributed by atoms with E-state index in [0.29, 0.717) is 30.0 Å². The van der Waals surface area contributed by atoms with Crippen molar-refractivity contribution >= 4 is 5.69 Å². The van der Waals surface area contributed by atoms with E-state index in [9.17, 15) is 10.5 Å². The molecule has 0 atom stereocenters. The summed E-state index contributed by atoms with van der Waals surface area (Å²) >= 11 is 0. The van der Waals surface area contributed by atoms with Crippen molar-refractivity contribution in [1.29, 1.82) is 15.8 Å². The number of nitriles is 3. The first kappa shape index (κ1) is 17.6. The van der Waals surface area contributed by atoms with Gasteiger partial charge in [-0.25, -0.2) is 9.97 Å². The number of nitrogens with zero attached hydrogens (tertiary/aromatic N) is 6. The molecule has 1 aromatic carbocycles. The predicted molar refractivity (Wildman–Crippen MR) is 98.9 cm³/mol. The highest BCUT2D eigenvalue weighted by molar-refractivity contribution is 5.52. The Hall–Kier alpha value is -4.21. The lowest BCUT2D eigenvalue weighted by atomic mass is 10.1. The molecule has 2 aromatic heterocycles. The fourth-order valence-electron chi connectivity index (χ4n) is 2.73. The van der Waals surface area contributed by atoms with Crippen LogP contribution >= 0.6 is 0 Å². The van der Waals surface area contributed by atoms with Crippen molar-refractivity contribution in [3.05, 3.63) is 89.0 Å². The zero-order valence-corrected chi connectivity index (χ0v) is 14.4. The van der Waals surface area contributed by atoms with Crippen LogP contribution in [0.2, 0.25) is 0 Å². The minimum absolute atomic E-state index is 0.364. The summed E-state index contributed by atoms with van der Waals surface area (Å²) in [7, 11) is 0. The van der Waals surface area contributed by atoms with Gasteiger partial charge in [-0.05, 0) is 36.4 Å². The summed E-state index contributed by atoms with van der Waals surface area (Å²) in [4.78, 5) is 10.3. The van der Waals surface area contributed by atoms with Crippen molar-refractivity contribution in [1.82, 2.24) is 9.97 Å². The van der Waals surface area contributed by atoms with Crippen LogP contribution in [0.1, 0.15) is 28.1 Å². The van der Waals surface area contributed by atoms with Crippen molar-refractivity contribution in [3.8, 4) is 18.2 Å². The minimum atomic E-state index is 0.364. The molecule has 0 spiro atoms. The maximum absolute atomic E-state index is 9.32. The Morgan fingerprint density at radius 2 is 1.22 bits per heavy atom. The van der Waals surface area contributed by atoms with Gasteiger partial charge in [0.25, 0.3) is 0 Å². The highest BCUT2D eigenvalue weighted by Gasteiger charge is 2.14. The molecule has 3 aromatic rings. The molecule has 0 aliphatic carbocycles. The van der Waals surface area contributed by atoms with Gasteiger partial charge >= 0.3 is 0 Å². The van der Waals surface area contributed by atoms with E-state index in [1.165, 1.54) is 0 Å². The highest BCUT2D eigenvalue weighted by Crippen LogP contribution is 2.22. The smallest absolute Gasteiger partial charge is 0.145 e. The van der Waals surface area contributed by atoms with Crippen molar-refractivity contribution in [3.63, 3.8) is 0 Å². The average Bonchev–Trinajstić information content (AvgIpc) is 2.74. The summed E-state index contributed by atoms with van der Waals surface area (Å²) < 4.78 is 0. The lowest BCUT2D eigenvalue weighted by molar-refractivity contribution is 0.789. The predicted octanol–water partition coefficient (Wildman–Crippen LogP) is 3.30. The molecule has 0 saturated heterocycles. The third-order valence-electron chi connectivity index (χ3n) is 4.08. The largest absolute Gasteiger partial charge is 0.363 e.